The third kappa shape index (κ3) is 5.30. The number of H-pyrrole nitrogens is 1. The second-order valence-electron chi connectivity index (χ2n) is 9.13. The number of hydrogen-bond donors (Lipinski definition) is 2. The minimum Gasteiger partial charge on any atom is -0.383 e. The molecule has 0 aliphatic carbocycles. The summed E-state index contributed by atoms with van der Waals surface area (Å²) < 4.78 is 36.2. The van der Waals surface area contributed by atoms with Crippen LogP contribution in [0.15, 0.2) is 94.9 Å². The molecular formula is C30H24N4O5S2. The number of aromatic amines is 1. The van der Waals surface area contributed by atoms with Crippen LogP contribution >= 0.6 is 11.3 Å². The van der Waals surface area contributed by atoms with Gasteiger partial charge in [0.2, 0.25) is 0 Å². The van der Waals surface area contributed by atoms with Gasteiger partial charge in [-0.2, -0.15) is 8.42 Å². The molecule has 0 unspecified atom stereocenters. The zero-order chi connectivity index (χ0) is 28.4. The lowest BCUT2D eigenvalue weighted by molar-refractivity contribution is 0.0937. The Morgan fingerprint density at radius 2 is 1.83 bits per heavy atom. The molecule has 2 N–H and O–H groups in total. The van der Waals surface area contributed by atoms with Crippen LogP contribution in [0.2, 0.25) is 0 Å². The van der Waals surface area contributed by atoms with Crippen molar-refractivity contribution in [1.29, 1.82) is 0 Å². The fourth-order valence-corrected chi connectivity index (χ4v) is 6.54. The Labute approximate surface area is 239 Å². The number of hydrogen-bond acceptors (Lipinski definition) is 8. The molecule has 0 spiro atoms. The zero-order valence-corrected chi connectivity index (χ0v) is 23.5. The zero-order valence-electron chi connectivity index (χ0n) is 21.8. The van der Waals surface area contributed by atoms with Crippen molar-refractivity contribution in [2.45, 2.75) is 4.21 Å². The first-order chi connectivity index (χ1) is 19.9. The molecule has 4 aromatic heterocycles. The number of amides is 1. The summed E-state index contributed by atoms with van der Waals surface area (Å²) in [6.07, 6.45) is 5.23. The highest BCUT2D eigenvalue weighted by Gasteiger charge is 2.21. The second kappa shape index (κ2) is 11.1. The monoisotopic (exact) mass is 584 g/mol. The number of aromatic nitrogens is 3. The van der Waals surface area contributed by atoms with E-state index in [2.05, 4.69) is 15.3 Å². The Morgan fingerprint density at radius 3 is 2.56 bits per heavy atom. The summed E-state index contributed by atoms with van der Waals surface area (Å²) in [6, 6.07) is 19.4. The van der Waals surface area contributed by atoms with Gasteiger partial charge in [-0.15, -0.1) is 11.3 Å². The second-order valence-corrected chi connectivity index (χ2v) is 11.9. The number of pyridine rings is 2. The maximum Gasteiger partial charge on any atom is 0.348 e. The van der Waals surface area contributed by atoms with E-state index in [0.717, 1.165) is 49.9 Å². The van der Waals surface area contributed by atoms with Gasteiger partial charge in [-0.1, -0.05) is 18.2 Å². The number of benzene rings is 2. The molecule has 1 amide bonds. The predicted octanol–water partition coefficient (Wildman–Crippen LogP) is 5.65. The first-order valence-electron chi connectivity index (χ1n) is 12.6. The van der Waals surface area contributed by atoms with Crippen LogP contribution in [-0.2, 0) is 14.9 Å². The quantitative estimate of drug-likeness (QED) is 0.166. The summed E-state index contributed by atoms with van der Waals surface area (Å²) >= 11 is 1.10. The molecule has 0 bridgehead atoms. The van der Waals surface area contributed by atoms with E-state index < -0.39 is 10.1 Å². The largest absolute Gasteiger partial charge is 0.383 e. The molecule has 6 aromatic rings. The van der Waals surface area contributed by atoms with Crippen molar-refractivity contribution in [3.05, 3.63) is 96.3 Å². The smallest absolute Gasteiger partial charge is 0.348 e. The lowest BCUT2D eigenvalue weighted by atomic mass is 9.93. The first-order valence-corrected chi connectivity index (χ1v) is 14.9. The minimum atomic E-state index is -3.96. The van der Waals surface area contributed by atoms with Crippen LogP contribution in [0.5, 0.6) is 5.75 Å². The molecule has 206 valence electrons. The molecule has 2 aromatic carbocycles. The number of carbonyl (C=O) groups excluding carboxylic acids is 1. The Morgan fingerprint density at radius 1 is 1.02 bits per heavy atom. The lowest BCUT2D eigenvalue weighted by Gasteiger charge is -2.13. The molecule has 4 heterocycles. The van der Waals surface area contributed by atoms with Gasteiger partial charge in [-0.05, 0) is 65.0 Å². The summed E-state index contributed by atoms with van der Waals surface area (Å²) in [4.78, 5) is 24.7. The summed E-state index contributed by atoms with van der Waals surface area (Å²) in [7, 11) is -2.38. The van der Waals surface area contributed by atoms with Crippen molar-refractivity contribution in [3.8, 4) is 28.0 Å². The van der Waals surface area contributed by atoms with Gasteiger partial charge in [-0.3, -0.25) is 9.78 Å². The molecule has 41 heavy (non-hydrogen) atoms. The highest BCUT2D eigenvalue weighted by molar-refractivity contribution is 7.89. The third-order valence-electron chi connectivity index (χ3n) is 6.56. The van der Waals surface area contributed by atoms with Crippen molar-refractivity contribution >= 4 is 49.3 Å². The molecule has 6 rings (SSSR count). The lowest BCUT2D eigenvalue weighted by Crippen LogP contribution is -2.26. The molecule has 0 radical (unpaired) electrons. The van der Waals surface area contributed by atoms with E-state index in [4.69, 9.17) is 13.9 Å². The molecule has 9 nitrogen and oxygen atoms in total. The van der Waals surface area contributed by atoms with E-state index in [1.807, 2.05) is 24.3 Å². The number of rotatable bonds is 9. The van der Waals surface area contributed by atoms with Crippen LogP contribution in [0.4, 0.5) is 0 Å². The third-order valence-corrected chi connectivity index (χ3v) is 9.16. The molecule has 0 aliphatic heterocycles. The number of nitrogens with zero attached hydrogens (tertiary/aromatic N) is 2. The van der Waals surface area contributed by atoms with Gasteiger partial charge in [-0.25, -0.2) is 4.98 Å². The number of ether oxygens (including phenoxy) is 1. The Kier molecular flexibility index (Phi) is 7.23. The topological polar surface area (TPSA) is 123 Å². The van der Waals surface area contributed by atoms with E-state index in [1.165, 1.54) is 6.07 Å². The van der Waals surface area contributed by atoms with Gasteiger partial charge < -0.3 is 19.2 Å². The Balaban J connectivity index is 1.48. The number of fused-ring (bicyclic) bond motifs is 3. The number of thiophene rings is 1. The summed E-state index contributed by atoms with van der Waals surface area (Å²) in [6.45, 7) is 0.854. The Hall–Kier alpha value is -4.58. The molecule has 0 fully saturated rings. The van der Waals surface area contributed by atoms with Crippen LogP contribution in [0, 0.1) is 0 Å². The molecule has 0 saturated heterocycles. The van der Waals surface area contributed by atoms with Gasteiger partial charge in [0.1, 0.15) is 11.4 Å². The van der Waals surface area contributed by atoms with Crippen molar-refractivity contribution in [1.82, 2.24) is 20.3 Å². The molecule has 0 atom stereocenters. The van der Waals surface area contributed by atoms with Crippen LogP contribution < -0.4 is 9.50 Å². The van der Waals surface area contributed by atoms with E-state index >= 15 is 0 Å². The van der Waals surface area contributed by atoms with Gasteiger partial charge in [0.15, 0.2) is 4.21 Å². The van der Waals surface area contributed by atoms with Gasteiger partial charge in [0, 0.05) is 65.2 Å². The van der Waals surface area contributed by atoms with Crippen LogP contribution in [0.25, 0.3) is 44.2 Å². The van der Waals surface area contributed by atoms with E-state index in [-0.39, 0.29) is 15.9 Å². The number of nitrogens with one attached hydrogen (secondary N) is 2. The average molecular weight is 585 g/mol. The van der Waals surface area contributed by atoms with Crippen molar-refractivity contribution < 1.29 is 22.1 Å². The SMILES string of the molecule is COCCNC(=O)c1ccc(-c2cnc3[nH]c4ccc(OS(=O)(=O)c5cccs5)cc4c3c2-c2ccncc2)cc1. The van der Waals surface area contributed by atoms with E-state index in [1.54, 1.807) is 67.5 Å². The van der Waals surface area contributed by atoms with Crippen molar-refractivity contribution in [2.75, 3.05) is 20.3 Å². The number of carbonyl (C=O) groups is 1. The fraction of sp³-hybridized carbons (Fsp3) is 0.100. The van der Waals surface area contributed by atoms with E-state index in [9.17, 15) is 13.2 Å². The molecule has 0 saturated carbocycles. The molecular weight excluding hydrogens is 560 g/mol. The van der Waals surface area contributed by atoms with Crippen LogP contribution in [0.1, 0.15) is 10.4 Å². The van der Waals surface area contributed by atoms with Gasteiger partial charge in [0.05, 0.1) is 6.61 Å². The molecule has 0 aliphatic rings. The predicted molar refractivity (Wildman–Crippen MR) is 159 cm³/mol. The minimum absolute atomic E-state index is 0.133. The average Bonchev–Trinajstić information content (AvgIpc) is 3.66. The van der Waals surface area contributed by atoms with Crippen LogP contribution in [-0.4, -0.2) is 49.5 Å². The van der Waals surface area contributed by atoms with E-state index in [0.29, 0.717) is 24.4 Å². The van der Waals surface area contributed by atoms with Gasteiger partial charge >= 0.3 is 10.1 Å². The van der Waals surface area contributed by atoms with Gasteiger partial charge in [0.25, 0.3) is 5.91 Å². The standard InChI is InChI=1S/C30H24N4O5S2/c1-38-15-14-32-30(35)21-6-4-19(5-7-21)24-18-33-29-28(27(24)20-10-12-31-13-11-20)23-17-22(8-9-25(23)34-29)39-41(36,37)26-3-2-16-40-26/h2-13,16-18H,14-15H2,1H3,(H,32,35)(H,33,34). The Bertz CT molecular complexity index is 1950. The summed E-state index contributed by atoms with van der Waals surface area (Å²) in [5.41, 5.74) is 5.45. The van der Waals surface area contributed by atoms with Crippen molar-refractivity contribution in [2.24, 2.45) is 0 Å². The molecule has 11 heteroatoms. The normalized spacial score (nSPS) is 11.6. The number of methoxy groups -OCH3 is 1. The highest BCUT2D eigenvalue weighted by Crippen LogP contribution is 2.41. The summed E-state index contributed by atoms with van der Waals surface area (Å²) in [5, 5.41) is 6.08. The maximum absolute atomic E-state index is 12.8. The summed E-state index contributed by atoms with van der Waals surface area (Å²) in [5.74, 6) is 0.0138. The van der Waals surface area contributed by atoms with Crippen LogP contribution in [0.3, 0.4) is 0 Å². The highest BCUT2D eigenvalue weighted by atomic mass is 32.3. The maximum atomic E-state index is 12.8. The fourth-order valence-electron chi connectivity index (χ4n) is 4.67. The first kappa shape index (κ1) is 26.6. The van der Waals surface area contributed by atoms with Crippen molar-refractivity contribution in [3.63, 3.8) is 0 Å².